The maximum absolute atomic E-state index is 13.0. The first kappa shape index (κ1) is 21.3. The lowest BCUT2D eigenvalue weighted by Crippen LogP contribution is -2.31. The highest BCUT2D eigenvalue weighted by Gasteiger charge is 2.45. The molecule has 8 nitrogen and oxygen atoms in total. The number of benzene rings is 1. The number of nitrogens with zero attached hydrogens (tertiary/aromatic N) is 4. The molecule has 3 heterocycles. The first-order valence-electron chi connectivity index (χ1n) is 10.5. The highest BCUT2D eigenvalue weighted by atomic mass is 16.5. The first-order valence-corrected chi connectivity index (χ1v) is 10.5. The lowest BCUT2D eigenvalue weighted by Gasteiger charge is -2.25. The van der Waals surface area contributed by atoms with Crippen molar-refractivity contribution in [2.75, 3.05) is 13.2 Å². The van der Waals surface area contributed by atoms with E-state index in [4.69, 9.17) is 4.74 Å². The quantitative estimate of drug-likeness (QED) is 0.334. The number of Topliss-reactive ketones (excluding diaryl/α,β-unsaturated/α-hetero) is 1. The molecule has 0 aliphatic carbocycles. The number of carbonyl (C=O) groups excluding carboxylic acids is 2. The summed E-state index contributed by atoms with van der Waals surface area (Å²) in [6.07, 6.45) is 8.94. The Bertz CT molecular complexity index is 1110. The SMILES string of the molecule is CCOc1ccc(C2/C(=C(\O)c3ccncc3)C(=O)C(=O)N2CCCn2ccnc2)cc1. The second-order valence-corrected chi connectivity index (χ2v) is 7.38. The van der Waals surface area contributed by atoms with Gasteiger partial charge in [-0.2, -0.15) is 0 Å². The van der Waals surface area contributed by atoms with Gasteiger partial charge >= 0.3 is 0 Å². The lowest BCUT2D eigenvalue weighted by molar-refractivity contribution is -0.139. The normalized spacial score (nSPS) is 17.7. The van der Waals surface area contributed by atoms with Crippen LogP contribution in [0.1, 0.15) is 30.5 Å². The number of ether oxygens (including phenoxy) is 1. The molecule has 0 bridgehead atoms. The zero-order valence-electron chi connectivity index (χ0n) is 17.7. The largest absolute Gasteiger partial charge is 0.507 e. The second-order valence-electron chi connectivity index (χ2n) is 7.38. The third-order valence-electron chi connectivity index (χ3n) is 5.38. The molecule has 1 N–H and O–H groups in total. The van der Waals surface area contributed by atoms with Crippen LogP contribution in [0, 0.1) is 0 Å². The summed E-state index contributed by atoms with van der Waals surface area (Å²) in [5.74, 6) is -0.824. The fourth-order valence-corrected chi connectivity index (χ4v) is 3.88. The van der Waals surface area contributed by atoms with Crippen molar-refractivity contribution in [1.29, 1.82) is 0 Å². The number of hydrogen-bond donors (Lipinski definition) is 1. The fourth-order valence-electron chi connectivity index (χ4n) is 3.88. The van der Waals surface area contributed by atoms with Gasteiger partial charge in [-0.1, -0.05) is 12.1 Å². The molecular weight excluding hydrogens is 408 g/mol. The summed E-state index contributed by atoms with van der Waals surface area (Å²) in [7, 11) is 0. The van der Waals surface area contributed by atoms with Crippen LogP contribution in [-0.4, -0.2) is 49.4 Å². The van der Waals surface area contributed by atoms with Gasteiger partial charge in [0.2, 0.25) is 0 Å². The van der Waals surface area contributed by atoms with Gasteiger partial charge in [-0.15, -0.1) is 0 Å². The summed E-state index contributed by atoms with van der Waals surface area (Å²) in [6, 6.07) is 9.78. The van der Waals surface area contributed by atoms with Crippen LogP contribution >= 0.6 is 0 Å². The third kappa shape index (κ3) is 4.25. The number of hydrogen-bond acceptors (Lipinski definition) is 6. The summed E-state index contributed by atoms with van der Waals surface area (Å²) >= 11 is 0. The molecule has 8 heteroatoms. The number of aliphatic hydroxyl groups is 1. The smallest absolute Gasteiger partial charge is 0.295 e. The maximum Gasteiger partial charge on any atom is 0.295 e. The molecule has 3 aromatic rings. The van der Waals surface area contributed by atoms with Crippen LogP contribution in [0.25, 0.3) is 5.76 Å². The van der Waals surface area contributed by atoms with Gasteiger partial charge in [0.1, 0.15) is 11.5 Å². The monoisotopic (exact) mass is 432 g/mol. The number of ketones is 1. The van der Waals surface area contributed by atoms with E-state index in [1.807, 2.05) is 29.8 Å². The van der Waals surface area contributed by atoms with Gasteiger partial charge in [0.05, 0.1) is 24.5 Å². The Hall–Kier alpha value is -3.94. The molecule has 2 aromatic heterocycles. The molecule has 164 valence electrons. The van der Waals surface area contributed by atoms with Crippen molar-refractivity contribution in [3.8, 4) is 5.75 Å². The van der Waals surface area contributed by atoms with Crippen molar-refractivity contribution in [1.82, 2.24) is 19.4 Å². The predicted molar refractivity (Wildman–Crippen MR) is 118 cm³/mol. The predicted octanol–water partition coefficient (Wildman–Crippen LogP) is 3.19. The number of aryl methyl sites for hydroxylation is 1. The summed E-state index contributed by atoms with van der Waals surface area (Å²) in [5, 5.41) is 11.0. The van der Waals surface area contributed by atoms with Crippen molar-refractivity contribution in [2.45, 2.75) is 25.9 Å². The van der Waals surface area contributed by atoms with Crippen LogP contribution in [-0.2, 0) is 16.1 Å². The minimum atomic E-state index is -0.694. The van der Waals surface area contributed by atoms with E-state index in [9.17, 15) is 14.7 Å². The van der Waals surface area contributed by atoms with Crippen molar-refractivity contribution in [3.05, 3.63) is 84.2 Å². The van der Waals surface area contributed by atoms with Gasteiger partial charge in [0.25, 0.3) is 11.7 Å². The zero-order chi connectivity index (χ0) is 22.5. The first-order chi connectivity index (χ1) is 15.6. The Kier molecular flexibility index (Phi) is 6.30. The molecule has 1 fully saturated rings. The van der Waals surface area contributed by atoms with Gasteiger partial charge in [0, 0.05) is 43.4 Å². The molecule has 0 saturated carbocycles. The summed E-state index contributed by atoms with van der Waals surface area (Å²) < 4.78 is 7.43. The van der Waals surface area contributed by atoms with Crippen LogP contribution in [0.15, 0.2) is 73.1 Å². The summed E-state index contributed by atoms with van der Waals surface area (Å²) in [6.45, 7) is 3.45. The lowest BCUT2D eigenvalue weighted by atomic mass is 9.95. The summed E-state index contributed by atoms with van der Waals surface area (Å²) in [4.78, 5) is 35.5. The number of amides is 1. The second kappa shape index (κ2) is 9.47. The van der Waals surface area contributed by atoms with E-state index in [1.54, 1.807) is 36.8 Å². The van der Waals surface area contributed by atoms with Crippen LogP contribution in [0.5, 0.6) is 5.75 Å². The van der Waals surface area contributed by atoms with E-state index >= 15 is 0 Å². The number of aromatic nitrogens is 3. The number of rotatable bonds is 8. The molecule has 1 aliphatic heterocycles. The van der Waals surface area contributed by atoms with Crippen LogP contribution in [0.3, 0.4) is 0 Å². The van der Waals surface area contributed by atoms with Crippen LogP contribution < -0.4 is 4.74 Å². The Morgan fingerprint density at radius 2 is 1.78 bits per heavy atom. The summed E-state index contributed by atoms with van der Waals surface area (Å²) in [5.41, 5.74) is 1.24. The molecule has 0 spiro atoms. The molecule has 32 heavy (non-hydrogen) atoms. The van der Waals surface area contributed by atoms with E-state index in [0.717, 1.165) is 5.56 Å². The maximum atomic E-state index is 13.0. The highest BCUT2D eigenvalue weighted by Crippen LogP contribution is 2.39. The van der Waals surface area contributed by atoms with Gasteiger partial charge < -0.3 is 19.3 Å². The van der Waals surface area contributed by atoms with Crippen molar-refractivity contribution in [3.63, 3.8) is 0 Å². The topological polar surface area (TPSA) is 97.5 Å². The molecular formula is C24H24N4O4. The van der Waals surface area contributed by atoms with E-state index in [2.05, 4.69) is 9.97 Å². The number of imidazole rings is 1. The van der Waals surface area contributed by atoms with Crippen LogP contribution in [0.4, 0.5) is 0 Å². The van der Waals surface area contributed by atoms with Gasteiger partial charge in [-0.25, -0.2) is 4.98 Å². The van der Waals surface area contributed by atoms with Crippen molar-refractivity contribution in [2.24, 2.45) is 0 Å². The van der Waals surface area contributed by atoms with E-state index in [-0.39, 0.29) is 11.3 Å². The number of likely N-dealkylation sites (tertiary alicyclic amines) is 1. The van der Waals surface area contributed by atoms with Gasteiger partial charge in [-0.3, -0.25) is 14.6 Å². The molecule has 1 saturated heterocycles. The standard InChI is InChI=1S/C24H24N4O4/c1-2-32-19-6-4-17(5-7-19)21-20(22(29)18-8-10-25-11-9-18)23(30)24(31)28(21)14-3-13-27-15-12-26-16-27/h4-12,15-16,21,29H,2-3,13-14H2,1H3/b22-20+. The zero-order valence-corrected chi connectivity index (χ0v) is 17.7. The van der Waals surface area contributed by atoms with E-state index in [1.165, 1.54) is 17.3 Å². The van der Waals surface area contributed by atoms with Crippen molar-refractivity contribution < 1.29 is 19.4 Å². The number of aliphatic hydroxyl groups excluding tert-OH is 1. The van der Waals surface area contributed by atoms with Crippen molar-refractivity contribution >= 4 is 17.4 Å². The Balaban J connectivity index is 1.70. The number of pyridine rings is 1. The molecule has 4 rings (SSSR count). The fraction of sp³-hybridized carbons (Fsp3) is 0.250. The Morgan fingerprint density at radius 1 is 1.03 bits per heavy atom. The molecule has 0 radical (unpaired) electrons. The number of carbonyl (C=O) groups is 2. The van der Waals surface area contributed by atoms with Gasteiger partial charge in [0.15, 0.2) is 0 Å². The Morgan fingerprint density at radius 3 is 2.44 bits per heavy atom. The Labute approximate surface area is 185 Å². The molecule has 1 amide bonds. The van der Waals surface area contributed by atoms with E-state index in [0.29, 0.717) is 37.4 Å². The third-order valence-corrected chi connectivity index (χ3v) is 5.38. The van der Waals surface area contributed by atoms with E-state index < -0.39 is 17.7 Å². The molecule has 1 atom stereocenters. The van der Waals surface area contributed by atoms with Gasteiger partial charge in [-0.05, 0) is 43.2 Å². The van der Waals surface area contributed by atoms with Crippen LogP contribution in [0.2, 0.25) is 0 Å². The molecule has 1 unspecified atom stereocenters. The minimum Gasteiger partial charge on any atom is -0.507 e. The minimum absolute atomic E-state index is 0.0768. The average molecular weight is 432 g/mol. The molecule has 1 aliphatic rings. The highest BCUT2D eigenvalue weighted by molar-refractivity contribution is 6.46. The molecule has 1 aromatic carbocycles. The average Bonchev–Trinajstić information content (AvgIpc) is 3.42.